The Kier molecular flexibility index (Phi) is 39.3. The minimum atomic E-state index is -3.37. The van der Waals surface area contributed by atoms with E-state index in [4.69, 9.17) is 4.52 Å². The number of hydrogen-bond acceptors (Lipinski definition) is 2. The van der Waals surface area contributed by atoms with Crippen molar-refractivity contribution >= 4 is 7.60 Å². The van der Waals surface area contributed by atoms with E-state index in [1.165, 1.54) is 180 Å². The van der Waals surface area contributed by atoms with Crippen molar-refractivity contribution in [3.05, 3.63) is 0 Å². The van der Waals surface area contributed by atoms with Crippen molar-refractivity contribution in [1.82, 2.24) is 0 Å². The van der Waals surface area contributed by atoms with Gasteiger partial charge in [0.05, 0.1) is 6.61 Å². The summed E-state index contributed by atoms with van der Waals surface area (Å²) in [5, 5.41) is 0. The van der Waals surface area contributed by atoms with Gasteiger partial charge in [0.25, 0.3) is 0 Å². The van der Waals surface area contributed by atoms with Crippen LogP contribution in [-0.4, -0.2) is 17.7 Å². The SMILES string of the molecule is CCCCCCCCCCCCCCCCCCOP(=O)(O)CCCCCCCCCCCCCCCCCC.[Ni]. The van der Waals surface area contributed by atoms with Crippen molar-refractivity contribution in [3.8, 4) is 0 Å². The van der Waals surface area contributed by atoms with Gasteiger partial charge in [0.1, 0.15) is 0 Å². The molecule has 0 saturated heterocycles. The van der Waals surface area contributed by atoms with Crippen LogP contribution in [0.5, 0.6) is 0 Å². The Balaban J connectivity index is 0. The van der Waals surface area contributed by atoms with Crippen LogP contribution in [0.1, 0.15) is 219 Å². The largest absolute Gasteiger partial charge is 0.328 e. The quantitative estimate of drug-likeness (QED) is 0.0424. The molecule has 0 aliphatic heterocycles. The summed E-state index contributed by atoms with van der Waals surface area (Å²) in [6.07, 6.45) is 42.9. The van der Waals surface area contributed by atoms with Crippen molar-refractivity contribution < 1.29 is 30.5 Å². The molecule has 0 saturated carbocycles. The molecule has 0 heterocycles. The molecule has 0 bridgehead atoms. The third-order valence-corrected chi connectivity index (χ3v) is 10.1. The van der Waals surface area contributed by atoms with Gasteiger partial charge in [-0.15, -0.1) is 0 Å². The van der Waals surface area contributed by atoms with Crippen molar-refractivity contribution in [3.63, 3.8) is 0 Å². The molecule has 1 N–H and O–H groups in total. The maximum absolute atomic E-state index is 12.3. The normalized spacial score (nSPS) is 12.9. The van der Waals surface area contributed by atoms with E-state index in [1.54, 1.807) is 0 Å². The van der Waals surface area contributed by atoms with Gasteiger partial charge < -0.3 is 9.42 Å². The predicted octanol–water partition coefficient (Wildman–Crippen LogP) is 13.7. The standard InChI is InChI=1S/C36H75O3P.Ni/c1-3-5-7-9-11-13-15-17-19-21-23-25-27-29-31-33-35-39-40(37,38)36-34-32-30-28-26-24-22-20-18-16-14-12-10-8-6-4-2;/h3-36H2,1-2H3,(H,37,38);. The Hall–Kier alpha value is 0.644. The molecule has 1 unspecified atom stereocenters. The minimum Gasteiger partial charge on any atom is -0.324 e. The average Bonchev–Trinajstić information content (AvgIpc) is 2.94. The summed E-state index contributed by atoms with van der Waals surface area (Å²) < 4.78 is 17.6. The van der Waals surface area contributed by atoms with Gasteiger partial charge in [0.2, 0.25) is 0 Å². The third-order valence-electron chi connectivity index (χ3n) is 8.59. The first-order valence-corrected chi connectivity index (χ1v) is 20.3. The molecule has 3 nitrogen and oxygen atoms in total. The molecule has 0 rings (SSSR count). The molecule has 0 aromatic rings. The van der Waals surface area contributed by atoms with Gasteiger partial charge in [0.15, 0.2) is 0 Å². The second-order valence-electron chi connectivity index (χ2n) is 12.8. The van der Waals surface area contributed by atoms with Crippen LogP contribution in [0.25, 0.3) is 0 Å². The maximum Gasteiger partial charge on any atom is 0.328 e. The van der Waals surface area contributed by atoms with Crippen LogP contribution in [0.4, 0.5) is 0 Å². The van der Waals surface area contributed by atoms with E-state index < -0.39 is 7.60 Å². The van der Waals surface area contributed by atoms with Crippen LogP contribution in [0.2, 0.25) is 0 Å². The van der Waals surface area contributed by atoms with E-state index in [9.17, 15) is 9.46 Å². The number of rotatable bonds is 35. The Labute approximate surface area is 269 Å². The van der Waals surface area contributed by atoms with Gasteiger partial charge in [-0.2, -0.15) is 0 Å². The fraction of sp³-hybridized carbons (Fsp3) is 1.00. The summed E-state index contributed by atoms with van der Waals surface area (Å²) in [5.41, 5.74) is 0. The van der Waals surface area contributed by atoms with E-state index in [1.807, 2.05) is 0 Å². The molecule has 0 spiro atoms. The third kappa shape index (κ3) is 38.6. The zero-order valence-electron chi connectivity index (χ0n) is 28.1. The van der Waals surface area contributed by atoms with Gasteiger partial charge in [-0.1, -0.05) is 206 Å². The summed E-state index contributed by atoms with van der Waals surface area (Å²) in [6, 6.07) is 0. The van der Waals surface area contributed by atoms with Crippen molar-refractivity contribution in [2.24, 2.45) is 0 Å². The van der Waals surface area contributed by atoms with E-state index >= 15 is 0 Å². The van der Waals surface area contributed by atoms with Crippen LogP contribution >= 0.6 is 7.60 Å². The van der Waals surface area contributed by atoms with Gasteiger partial charge in [0, 0.05) is 22.7 Å². The summed E-state index contributed by atoms with van der Waals surface area (Å²) in [6.45, 7) is 5.02. The number of unbranched alkanes of at least 4 members (excludes halogenated alkanes) is 30. The monoisotopic (exact) mass is 644 g/mol. The molecule has 0 aliphatic carbocycles. The van der Waals surface area contributed by atoms with Crippen LogP contribution in [0, 0.1) is 0 Å². The van der Waals surface area contributed by atoms with Crippen LogP contribution in [-0.2, 0) is 25.6 Å². The van der Waals surface area contributed by atoms with Crippen LogP contribution < -0.4 is 0 Å². The Morgan fingerprint density at radius 3 is 0.878 bits per heavy atom. The zero-order chi connectivity index (χ0) is 29.2. The molecule has 0 aromatic heterocycles. The topological polar surface area (TPSA) is 46.5 Å². The van der Waals surface area contributed by atoms with E-state index in [-0.39, 0.29) is 16.5 Å². The first kappa shape index (κ1) is 43.8. The summed E-state index contributed by atoms with van der Waals surface area (Å²) >= 11 is 0. The predicted molar refractivity (Wildman–Crippen MR) is 180 cm³/mol. The molecule has 0 amide bonds. The smallest absolute Gasteiger partial charge is 0.324 e. The Morgan fingerprint density at radius 2 is 0.610 bits per heavy atom. The van der Waals surface area contributed by atoms with E-state index in [2.05, 4.69) is 13.8 Å². The van der Waals surface area contributed by atoms with E-state index in [0.717, 1.165) is 25.7 Å². The second-order valence-corrected chi connectivity index (χ2v) is 14.8. The Morgan fingerprint density at radius 1 is 0.390 bits per heavy atom. The van der Waals surface area contributed by atoms with Gasteiger partial charge in [-0.3, -0.25) is 4.57 Å². The van der Waals surface area contributed by atoms with Gasteiger partial charge in [-0.05, 0) is 12.8 Å². The molecule has 252 valence electrons. The van der Waals surface area contributed by atoms with Gasteiger partial charge >= 0.3 is 7.60 Å². The second kappa shape index (κ2) is 36.8. The summed E-state index contributed by atoms with van der Waals surface area (Å²) in [4.78, 5) is 10.1. The van der Waals surface area contributed by atoms with Crippen molar-refractivity contribution in [1.29, 1.82) is 0 Å². The molecule has 41 heavy (non-hydrogen) atoms. The average molecular weight is 646 g/mol. The van der Waals surface area contributed by atoms with Gasteiger partial charge in [-0.25, -0.2) is 0 Å². The maximum atomic E-state index is 12.3. The van der Waals surface area contributed by atoms with Crippen molar-refractivity contribution in [2.75, 3.05) is 12.8 Å². The zero-order valence-corrected chi connectivity index (χ0v) is 30.0. The van der Waals surface area contributed by atoms with Crippen LogP contribution in [0.15, 0.2) is 0 Å². The number of hydrogen-bond donors (Lipinski definition) is 1. The van der Waals surface area contributed by atoms with Crippen molar-refractivity contribution in [2.45, 2.75) is 219 Å². The molecule has 0 aliphatic rings. The Bertz CT molecular complexity index is 517. The summed E-state index contributed by atoms with van der Waals surface area (Å²) in [7, 11) is -3.37. The molecular formula is C36H75NiO3P. The summed E-state index contributed by atoms with van der Waals surface area (Å²) in [5.74, 6) is 0. The molecule has 0 radical (unpaired) electrons. The fourth-order valence-corrected chi connectivity index (χ4v) is 6.95. The van der Waals surface area contributed by atoms with Crippen LogP contribution in [0.3, 0.4) is 0 Å². The van der Waals surface area contributed by atoms with E-state index in [0.29, 0.717) is 12.8 Å². The molecule has 0 fully saturated rings. The molecule has 1 atom stereocenters. The molecule has 5 heteroatoms. The molecule has 0 aromatic carbocycles. The first-order chi connectivity index (χ1) is 19.6. The molecular weight excluding hydrogens is 570 g/mol. The first-order valence-electron chi connectivity index (χ1n) is 18.6. The fourth-order valence-electron chi connectivity index (χ4n) is 5.78. The minimum absolute atomic E-state index is 0.